The maximum absolute atomic E-state index is 13.6. The van der Waals surface area contributed by atoms with Crippen LogP contribution >= 0.6 is 11.3 Å². The second kappa shape index (κ2) is 10.9. The Hall–Kier alpha value is -4.58. The first-order valence-electron chi connectivity index (χ1n) is 12.4. The van der Waals surface area contributed by atoms with Gasteiger partial charge in [-0.05, 0) is 44.2 Å². The summed E-state index contributed by atoms with van der Waals surface area (Å²) in [6.07, 6.45) is 0. The van der Waals surface area contributed by atoms with E-state index in [0.29, 0.717) is 47.5 Å². The van der Waals surface area contributed by atoms with E-state index in [4.69, 9.17) is 23.7 Å². The minimum absolute atomic E-state index is 0.0896. The summed E-state index contributed by atoms with van der Waals surface area (Å²) in [7, 11) is 2.94. The van der Waals surface area contributed by atoms with Crippen LogP contribution in [0.1, 0.15) is 39.5 Å². The molecule has 40 heavy (non-hydrogen) atoms. The molecule has 1 unspecified atom stereocenters. The van der Waals surface area contributed by atoms with Crippen molar-refractivity contribution in [3.05, 3.63) is 63.7 Å². The van der Waals surface area contributed by atoms with E-state index in [9.17, 15) is 19.5 Å². The van der Waals surface area contributed by atoms with Gasteiger partial charge >= 0.3 is 11.9 Å². The molecule has 0 spiro atoms. The average Bonchev–Trinajstić information content (AvgIpc) is 3.48. The number of carbonyl (C=O) groups is 3. The highest BCUT2D eigenvalue weighted by Crippen LogP contribution is 2.47. The number of aliphatic hydroxyl groups is 1. The Morgan fingerprint density at radius 3 is 2.55 bits per heavy atom. The van der Waals surface area contributed by atoms with Crippen LogP contribution in [0.15, 0.2) is 42.0 Å². The molecule has 2 aliphatic rings. The normalized spacial score (nSPS) is 17.6. The topological polar surface area (TPSA) is 134 Å². The number of anilines is 1. The third-order valence-electron chi connectivity index (χ3n) is 6.45. The number of Topliss-reactive ketones (excluding diaryl/α,β-unsaturated/α-hetero) is 1. The van der Waals surface area contributed by atoms with E-state index in [2.05, 4.69) is 4.98 Å². The molecule has 1 fully saturated rings. The van der Waals surface area contributed by atoms with Crippen molar-refractivity contribution in [1.82, 2.24) is 4.98 Å². The fourth-order valence-electron chi connectivity index (χ4n) is 4.59. The molecule has 3 heterocycles. The Labute approximate surface area is 233 Å². The van der Waals surface area contributed by atoms with Crippen molar-refractivity contribution >= 4 is 39.9 Å². The molecule has 1 saturated heterocycles. The Morgan fingerprint density at radius 2 is 1.85 bits per heavy atom. The molecule has 2 aromatic carbocycles. The summed E-state index contributed by atoms with van der Waals surface area (Å²) in [6, 6.07) is 8.51. The Kier molecular flexibility index (Phi) is 7.35. The molecule has 12 heteroatoms. The van der Waals surface area contributed by atoms with E-state index in [1.807, 2.05) is 0 Å². The van der Waals surface area contributed by atoms with Gasteiger partial charge in [0.1, 0.15) is 41.4 Å². The third-order valence-corrected chi connectivity index (χ3v) is 7.58. The number of methoxy groups -OCH3 is 2. The van der Waals surface area contributed by atoms with Crippen molar-refractivity contribution in [3.63, 3.8) is 0 Å². The fourth-order valence-corrected chi connectivity index (χ4v) is 5.57. The molecule has 1 amide bonds. The Balaban J connectivity index is 1.71. The summed E-state index contributed by atoms with van der Waals surface area (Å²) in [6.45, 7) is 4.18. The zero-order chi connectivity index (χ0) is 28.6. The largest absolute Gasteiger partial charge is 0.507 e. The number of ether oxygens (including phenoxy) is 5. The van der Waals surface area contributed by atoms with E-state index >= 15 is 0 Å². The van der Waals surface area contributed by atoms with E-state index in [1.165, 1.54) is 14.2 Å². The lowest BCUT2D eigenvalue weighted by Crippen LogP contribution is -2.29. The van der Waals surface area contributed by atoms with Crippen LogP contribution < -0.4 is 23.8 Å². The number of hydrogen-bond donors (Lipinski definition) is 1. The molecule has 208 valence electrons. The summed E-state index contributed by atoms with van der Waals surface area (Å²) in [5, 5.41) is 11.6. The highest BCUT2D eigenvalue weighted by Gasteiger charge is 2.49. The van der Waals surface area contributed by atoms with Crippen molar-refractivity contribution in [2.75, 3.05) is 38.9 Å². The summed E-state index contributed by atoms with van der Waals surface area (Å²) >= 11 is 0.919. The number of ketones is 1. The first-order valence-corrected chi connectivity index (χ1v) is 13.2. The SMILES string of the molecule is CCOC(=O)c1sc(N2C(=O)C(=O)C(=C(O)c3ccc4c(c3)OCCO4)C2c2ccc(OC)cc2OC)nc1C. The second-order valence-corrected chi connectivity index (χ2v) is 9.74. The zero-order valence-corrected chi connectivity index (χ0v) is 23.0. The number of hydrogen-bond acceptors (Lipinski definition) is 11. The molecule has 3 aromatic rings. The van der Waals surface area contributed by atoms with Crippen LogP contribution in [-0.2, 0) is 14.3 Å². The Morgan fingerprint density at radius 1 is 1.10 bits per heavy atom. The number of amides is 1. The van der Waals surface area contributed by atoms with Crippen molar-refractivity contribution in [2.24, 2.45) is 0 Å². The molecule has 1 atom stereocenters. The van der Waals surface area contributed by atoms with Crippen LogP contribution in [-0.4, -0.2) is 61.8 Å². The van der Waals surface area contributed by atoms with E-state index in [-0.39, 0.29) is 27.8 Å². The molecule has 0 radical (unpaired) electrons. The number of esters is 1. The van der Waals surface area contributed by atoms with Crippen LogP contribution in [0.3, 0.4) is 0 Å². The molecule has 1 N–H and O–H groups in total. The monoisotopic (exact) mass is 566 g/mol. The van der Waals surface area contributed by atoms with Crippen molar-refractivity contribution in [1.29, 1.82) is 0 Å². The van der Waals surface area contributed by atoms with Gasteiger partial charge in [-0.3, -0.25) is 14.5 Å². The average molecular weight is 567 g/mol. The van der Waals surface area contributed by atoms with Crippen LogP contribution in [0.25, 0.3) is 5.76 Å². The molecular weight excluding hydrogens is 540 g/mol. The van der Waals surface area contributed by atoms with Gasteiger partial charge in [0.25, 0.3) is 5.78 Å². The van der Waals surface area contributed by atoms with E-state index in [0.717, 1.165) is 16.2 Å². The maximum Gasteiger partial charge on any atom is 0.350 e. The van der Waals surface area contributed by atoms with Gasteiger partial charge in [-0.2, -0.15) is 0 Å². The van der Waals surface area contributed by atoms with Gasteiger partial charge in [-0.25, -0.2) is 9.78 Å². The molecule has 0 aliphatic carbocycles. The minimum atomic E-state index is -1.14. The van der Waals surface area contributed by atoms with E-state index in [1.54, 1.807) is 50.2 Å². The van der Waals surface area contributed by atoms with Crippen LogP contribution in [0.5, 0.6) is 23.0 Å². The van der Waals surface area contributed by atoms with Gasteiger partial charge < -0.3 is 28.8 Å². The highest BCUT2D eigenvalue weighted by atomic mass is 32.1. The van der Waals surface area contributed by atoms with Crippen LogP contribution in [0.4, 0.5) is 5.13 Å². The van der Waals surface area contributed by atoms with Gasteiger partial charge in [-0.15, -0.1) is 0 Å². The molecule has 1 aromatic heterocycles. The summed E-state index contributed by atoms with van der Waals surface area (Å²) in [4.78, 5) is 45.5. The fraction of sp³-hybridized carbons (Fsp3) is 0.286. The molecule has 11 nitrogen and oxygen atoms in total. The minimum Gasteiger partial charge on any atom is -0.507 e. The van der Waals surface area contributed by atoms with Crippen LogP contribution in [0, 0.1) is 6.92 Å². The van der Waals surface area contributed by atoms with Gasteiger partial charge in [-0.1, -0.05) is 11.3 Å². The van der Waals surface area contributed by atoms with Crippen LogP contribution in [0.2, 0.25) is 0 Å². The number of carbonyl (C=O) groups excluding carboxylic acids is 3. The zero-order valence-electron chi connectivity index (χ0n) is 22.2. The van der Waals surface area contributed by atoms with Gasteiger partial charge in [0.05, 0.1) is 32.1 Å². The molecule has 0 saturated carbocycles. The molecule has 2 aliphatic heterocycles. The molecule has 5 rings (SSSR count). The number of fused-ring (bicyclic) bond motifs is 1. The number of aromatic nitrogens is 1. The predicted molar refractivity (Wildman–Crippen MR) is 145 cm³/mol. The lowest BCUT2D eigenvalue weighted by Gasteiger charge is -2.25. The number of nitrogens with zero attached hydrogens (tertiary/aromatic N) is 2. The van der Waals surface area contributed by atoms with Crippen molar-refractivity contribution < 1.29 is 43.2 Å². The lowest BCUT2D eigenvalue weighted by atomic mass is 9.94. The lowest BCUT2D eigenvalue weighted by molar-refractivity contribution is -0.132. The quantitative estimate of drug-likeness (QED) is 0.193. The number of aryl methyl sites for hydroxylation is 1. The Bertz CT molecular complexity index is 1540. The van der Waals surface area contributed by atoms with Gasteiger partial charge in [0.15, 0.2) is 16.6 Å². The van der Waals surface area contributed by atoms with Crippen molar-refractivity contribution in [2.45, 2.75) is 19.9 Å². The molecule has 0 bridgehead atoms. The number of thiazole rings is 1. The standard InChI is InChI=1S/C28H26N2O9S/c1-5-37-27(34)25-14(2)29-28(40-25)30-22(17-8-7-16(35-3)13-19(17)36-4)21(24(32)26(30)33)23(31)15-6-9-18-20(12-15)39-11-10-38-18/h6-9,12-13,22,31H,5,10-11H2,1-4H3. The molecular formula is C28H26N2O9S. The first-order chi connectivity index (χ1) is 19.3. The highest BCUT2D eigenvalue weighted by molar-refractivity contribution is 7.17. The maximum atomic E-state index is 13.6. The van der Waals surface area contributed by atoms with E-state index < -0.39 is 29.5 Å². The number of aliphatic hydroxyl groups excluding tert-OH is 1. The second-order valence-electron chi connectivity index (χ2n) is 8.77. The van der Waals surface area contributed by atoms with Gasteiger partial charge in [0, 0.05) is 17.2 Å². The third kappa shape index (κ3) is 4.60. The summed E-state index contributed by atoms with van der Waals surface area (Å²) in [5.41, 5.74) is 0.803. The van der Waals surface area contributed by atoms with Gasteiger partial charge in [0.2, 0.25) is 0 Å². The smallest absolute Gasteiger partial charge is 0.350 e. The first kappa shape index (κ1) is 27.0. The summed E-state index contributed by atoms with van der Waals surface area (Å²) in [5.74, 6) is -1.16. The summed E-state index contributed by atoms with van der Waals surface area (Å²) < 4.78 is 27.2. The number of rotatable bonds is 7. The number of benzene rings is 2. The predicted octanol–water partition coefficient (Wildman–Crippen LogP) is 4.04. The van der Waals surface area contributed by atoms with Crippen molar-refractivity contribution in [3.8, 4) is 23.0 Å².